The Labute approximate surface area is 245 Å². The summed E-state index contributed by atoms with van der Waals surface area (Å²) in [5, 5.41) is 12.0. The van der Waals surface area contributed by atoms with Crippen molar-refractivity contribution < 1.29 is 28.9 Å². The maximum atomic E-state index is 13.7. The number of aryl methyl sites for hydroxylation is 1. The molecule has 9 heteroatoms. The number of para-hydroxylation sites is 1. The van der Waals surface area contributed by atoms with E-state index in [1.54, 1.807) is 42.5 Å². The van der Waals surface area contributed by atoms with Crippen LogP contribution in [-0.4, -0.2) is 35.0 Å². The van der Waals surface area contributed by atoms with Crippen LogP contribution in [0.2, 0.25) is 0 Å². The Morgan fingerprint density at radius 3 is 2.52 bits per heavy atom. The molecule has 1 saturated heterocycles. The summed E-state index contributed by atoms with van der Waals surface area (Å²) in [7, 11) is 0. The number of hydrogen-bond acceptors (Lipinski definition) is 8. The Bertz CT molecular complexity index is 1900. The third kappa shape index (κ3) is 4.53. The van der Waals surface area contributed by atoms with Crippen molar-refractivity contribution in [3.63, 3.8) is 0 Å². The first-order valence-corrected chi connectivity index (χ1v) is 14.2. The number of anilines is 1. The molecule has 5 aromatic rings. The molecule has 8 nitrogen and oxygen atoms in total. The van der Waals surface area contributed by atoms with Crippen molar-refractivity contribution in [1.82, 2.24) is 4.98 Å². The number of carbonyl (C=O) groups excluding carboxylic acids is 2. The normalized spacial score (nSPS) is 17.5. The van der Waals surface area contributed by atoms with Crippen LogP contribution < -0.4 is 19.1 Å². The molecule has 1 fully saturated rings. The highest BCUT2D eigenvalue weighted by atomic mass is 32.1. The molecule has 1 aromatic heterocycles. The van der Waals surface area contributed by atoms with Crippen molar-refractivity contribution >= 4 is 44.1 Å². The number of hydrogen-bond donors (Lipinski definition) is 1. The topological polar surface area (TPSA) is 98.2 Å². The van der Waals surface area contributed by atoms with E-state index in [0.29, 0.717) is 58.0 Å². The summed E-state index contributed by atoms with van der Waals surface area (Å²) in [6.07, 6.45) is 0. The van der Waals surface area contributed by atoms with Gasteiger partial charge in [-0.1, -0.05) is 47.7 Å². The van der Waals surface area contributed by atoms with Crippen LogP contribution in [-0.2, 0) is 9.59 Å². The molecule has 2 aliphatic heterocycles. The maximum Gasteiger partial charge on any atom is 0.301 e. The SMILES string of the molecule is Cc1ccc2nc(N3C(=O)C(=O)C(=C(O)c4ccc5c(c4)OCCO5)[C@@H]3c3cccc(Oc4ccccc4)c3)sc2c1. The predicted molar refractivity (Wildman–Crippen MR) is 160 cm³/mol. The van der Waals surface area contributed by atoms with Gasteiger partial charge < -0.3 is 19.3 Å². The Morgan fingerprint density at radius 1 is 0.905 bits per heavy atom. The molecule has 0 spiro atoms. The lowest BCUT2D eigenvalue weighted by molar-refractivity contribution is -0.132. The van der Waals surface area contributed by atoms with Crippen LogP contribution in [0.5, 0.6) is 23.0 Å². The van der Waals surface area contributed by atoms with E-state index in [-0.39, 0.29) is 11.3 Å². The van der Waals surface area contributed by atoms with E-state index >= 15 is 0 Å². The fourth-order valence-corrected chi connectivity index (χ4v) is 6.28. The number of benzene rings is 4. The van der Waals surface area contributed by atoms with Crippen LogP contribution in [0.3, 0.4) is 0 Å². The van der Waals surface area contributed by atoms with Gasteiger partial charge in [0, 0.05) is 5.56 Å². The number of fused-ring (bicyclic) bond motifs is 2. The molecule has 0 saturated carbocycles. The van der Waals surface area contributed by atoms with Crippen molar-refractivity contribution in [3.8, 4) is 23.0 Å². The van der Waals surface area contributed by atoms with Crippen molar-refractivity contribution in [2.24, 2.45) is 0 Å². The van der Waals surface area contributed by atoms with Crippen LogP contribution in [0.1, 0.15) is 22.7 Å². The monoisotopic (exact) mass is 576 g/mol. The molecular weight excluding hydrogens is 552 g/mol. The summed E-state index contributed by atoms with van der Waals surface area (Å²) in [6.45, 7) is 2.77. The second-order valence-electron chi connectivity index (χ2n) is 9.98. The molecule has 0 aliphatic carbocycles. The fourth-order valence-electron chi connectivity index (χ4n) is 5.19. The third-order valence-electron chi connectivity index (χ3n) is 7.15. The molecule has 42 heavy (non-hydrogen) atoms. The lowest BCUT2D eigenvalue weighted by Crippen LogP contribution is -2.29. The van der Waals surface area contributed by atoms with E-state index in [1.807, 2.05) is 55.5 Å². The third-order valence-corrected chi connectivity index (χ3v) is 8.17. The number of amides is 1. The van der Waals surface area contributed by atoms with Gasteiger partial charge in [0.25, 0.3) is 5.78 Å². The van der Waals surface area contributed by atoms with E-state index in [2.05, 4.69) is 0 Å². The summed E-state index contributed by atoms with van der Waals surface area (Å²) >= 11 is 1.32. The Kier molecular flexibility index (Phi) is 6.36. The largest absolute Gasteiger partial charge is 0.507 e. The average Bonchev–Trinajstić information content (AvgIpc) is 3.54. The fraction of sp³-hybridized carbons (Fsp3) is 0.121. The highest BCUT2D eigenvalue weighted by Crippen LogP contribution is 2.46. The first-order valence-electron chi connectivity index (χ1n) is 13.4. The molecule has 208 valence electrons. The molecular formula is C33H24N2O6S. The number of carbonyl (C=O) groups is 2. The molecule has 1 atom stereocenters. The number of aromatic nitrogens is 1. The summed E-state index contributed by atoms with van der Waals surface area (Å²) in [6, 6.07) is 26.3. The molecule has 2 aliphatic rings. The molecule has 7 rings (SSSR count). The number of aliphatic hydroxyl groups is 1. The second kappa shape index (κ2) is 10.4. The van der Waals surface area contributed by atoms with E-state index in [9.17, 15) is 14.7 Å². The highest BCUT2D eigenvalue weighted by molar-refractivity contribution is 7.22. The molecule has 0 radical (unpaired) electrons. The molecule has 0 bridgehead atoms. The summed E-state index contributed by atoms with van der Waals surface area (Å²) < 4.78 is 18.3. The number of ketones is 1. The van der Waals surface area contributed by atoms with Crippen molar-refractivity contribution in [3.05, 3.63) is 113 Å². The highest BCUT2D eigenvalue weighted by Gasteiger charge is 2.48. The minimum atomic E-state index is -0.959. The number of aliphatic hydroxyl groups excluding tert-OH is 1. The summed E-state index contributed by atoms with van der Waals surface area (Å²) in [5.74, 6) is 0.261. The molecule has 4 aromatic carbocycles. The first kappa shape index (κ1) is 25.8. The number of rotatable bonds is 5. The minimum Gasteiger partial charge on any atom is -0.507 e. The van der Waals surface area contributed by atoms with Crippen LogP contribution in [0.4, 0.5) is 5.13 Å². The Balaban J connectivity index is 1.39. The van der Waals surface area contributed by atoms with Gasteiger partial charge in [0.2, 0.25) is 0 Å². The lowest BCUT2D eigenvalue weighted by Gasteiger charge is -2.23. The number of nitrogens with zero attached hydrogens (tertiary/aromatic N) is 2. The smallest absolute Gasteiger partial charge is 0.301 e. The van der Waals surface area contributed by atoms with Gasteiger partial charge >= 0.3 is 5.91 Å². The van der Waals surface area contributed by atoms with Crippen LogP contribution in [0, 0.1) is 6.92 Å². The zero-order valence-electron chi connectivity index (χ0n) is 22.4. The standard InChI is InChI=1S/C33H24N2O6S/c1-19-10-12-24-27(16-19)42-33(34-24)35-29(20-6-5-9-23(17-20)41-22-7-3-2-4-8-22)28(31(37)32(35)38)30(36)21-11-13-25-26(18-21)40-15-14-39-25/h2-13,16-18,29,36H,14-15H2,1H3/t29-/m0/s1. The number of ether oxygens (including phenoxy) is 3. The molecule has 1 N–H and O–H groups in total. The van der Waals surface area contributed by atoms with Gasteiger partial charge in [-0.05, 0) is 72.6 Å². The average molecular weight is 577 g/mol. The minimum absolute atomic E-state index is 0.0519. The van der Waals surface area contributed by atoms with Crippen molar-refractivity contribution in [2.45, 2.75) is 13.0 Å². The van der Waals surface area contributed by atoms with Gasteiger partial charge in [0.1, 0.15) is 30.5 Å². The van der Waals surface area contributed by atoms with E-state index in [0.717, 1.165) is 10.3 Å². The van der Waals surface area contributed by atoms with E-state index in [4.69, 9.17) is 19.2 Å². The quantitative estimate of drug-likeness (QED) is 0.140. The number of thiazole rings is 1. The maximum absolute atomic E-state index is 13.7. The van der Waals surface area contributed by atoms with Gasteiger partial charge in [-0.15, -0.1) is 0 Å². The number of Topliss-reactive ketones (excluding diaryl/α,β-unsaturated/α-hetero) is 1. The molecule has 0 unspecified atom stereocenters. The lowest BCUT2D eigenvalue weighted by atomic mass is 9.95. The summed E-state index contributed by atoms with van der Waals surface area (Å²) in [4.78, 5) is 33.5. The molecule has 3 heterocycles. The summed E-state index contributed by atoms with van der Waals surface area (Å²) in [5.41, 5.74) is 2.63. The van der Waals surface area contributed by atoms with Gasteiger partial charge in [-0.2, -0.15) is 0 Å². The van der Waals surface area contributed by atoms with Crippen molar-refractivity contribution in [2.75, 3.05) is 18.1 Å². The van der Waals surface area contributed by atoms with Gasteiger partial charge in [-0.25, -0.2) is 4.98 Å². The van der Waals surface area contributed by atoms with Crippen LogP contribution in [0.15, 0.2) is 96.6 Å². The van der Waals surface area contributed by atoms with Gasteiger partial charge in [0.15, 0.2) is 16.6 Å². The first-order chi connectivity index (χ1) is 20.5. The molecule has 1 amide bonds. The zero-order chi connectivity index (χ0) is 28.8. The van der Waals surface area contributed by atoms with Crippen molar-refractivity contribution in [1.29, 1.82) is 0 Å². The van der Waals surface area contributed by atoms with Crippen LogP contribution >= 0.6 is 11.3 Å². The second-order valence-corrected chi connectivity index (χ2v) is 11.0. The Hall–Kier alpha value is -5.15. The Morgan fingerprint density at radius 2 is 1.69 bits per heavy atom. The van der Waals surface area contributed by atoms with E-state index < -0.39 is 17.7 Å². The van der Waals surface area contributed by atoms with Crippen LogP contribution in [0.25, 0.3) is 16.0 Å². The van der Waals surface area contributed by atoms with E-state index in [1.165, 1.54) is 16.2 Å². The predicted octanol–water partition coefficient (Wildman–Crippen LogP) is 6.79. The van der Waals surface area contributed by atoms with Gasteiger partial charge in [-0.3, -0.25) is 14.5 Å². The van der Waals surface area contributed by atoms with Gasteiger partial charge in [0.05, 0.1) is 21.8 Å². The zero-order valence-corrected chi connectivity index (χ0v) is 23.3.